The molecule has 274 valence electrons. The third-order valence-electron chi connectivity index (χ3n) is 10.0. The molecule has 2 amide bonds. The number of ether oxygens (including phenoxy) is 4. The first kappa shape index (κ1) is 34.6. The third kappa shape index (κ3) is 6.42. The van der Waals surface area contributed by atoms with E-state index in [0.29, 0.717) is 70.7 Å². The van der Waals surface area contributed by atoms with Crippen molar-refractivity contribution in [2.75, 3.05) is 48.2 Å². The minimum atomic E-state index is -0.159. The van der Waals surface area contributed by atoms with Gasteiger partial charge in [0.2, 0.25) is 0 Å². The van der Waals surface area contributed by atoms with Crippen LogP contribution in [0.3, 0.4) is 0 Å². The average molecular weight is 724 g/mol. The summed E-state index contributed by atoms with van der Waals surface area (Å²) in [5, 5.41) is 3.33. The molecule has 0 radical (unpaired) electrons. The van der Waals surface area contributed by atoms with Gasteiger partial charge in [0, 0.05) is 54.9 Å². The number of hydrogen-bond donors (Lipinski definition) is 2. The predicted molar refractivity (Wildman–Crippen MR) is 210 cm³/mol. The fourth-order valence-corrected chi connectivity index (χ4v) is 7.51. The van der Waals surface area contributed by atoms with Gasteiger partial charge in [0.05, 0.1) is 42.8 Å². The lowest BCUT2D eigenvalue weighted by atomic mass is 10.1. The summed E-state index contributed by atoms with van der Waals surface area (Å²) in [6.45, 7) is 3.58. The first-order valence-corrected chi connectivity index (χ1v) is 18.0. The number of methoxy groups -OCH3 is 2. The zero-order valence-electron chi connectivity index (χ0n) is 30.4. The summed E-state index contributed by atoms with van der Waals surface area (Å²) in [6, 6.07) is 28.4. The molecule has 3 aliphatic rings. The Labute approximate surface area is 313 Å². The van der Waals surface area contributed by atoms with Crippen molar-refractivity contribution >= 4 is 46.5 Å². The molecule has 5 aromatic carbocycles. The van der Waals surface area contributed by atoms with Crippen LogP contribution in [-0.2, 0) is 26.1 Å². The van der Waals surface area contributed by atoms with E-state index in [9.17, 15) is 9.59 Å². The number of rotatable bonds is 11. The van der Waals surface area contributed by atoms with Gasteiger partial charge in [-0.2, -0.15) is 0 Å². The number of carbonyl (C=O) groups excluding carboxylic acids is 2. The maximum absolute atomic E-state index is 13.9. The van der Waals surface area contributed by atoms with Gasteiger partial charge in [-0.15, -0.1) is 0 Å². The molecular weight excluding hydrogens is 683 g/mol. The van der Waals surface area contributed by atoms with Crippen LogP contribution in [0.15, 0.2) is 96.0 Å². The van der Waals surface area contributed by atoms with Crippen molar-refractivity contribution in [1.29, 1.82) is 0 Å². The fourth-order valence-electron chi connectivity index (χ4n) is 7.51. The maximum Gasteiger partial charge on any atom is 0.261 e. The Hall–Kier alpha value is -6.49. The largest absolute Gasteiger partial charge is 0.493 e. The van der Waals surface area contributed by atoms with Crippen molar-refractivity contribution in [3.63, 3.8) is 0 Å². The van der Waals surface area contributed by atoms with Gasteiger partial charge >= 0.3 is 0 Å². The van der Waals surface area contributed by atoms with Crippen molar-refractivity contribution in [3.05, 3.63) is 124 Å². The second-order valence-corrected chi connectivity index (χ2v) is 13.4. The van der Waals surface area contributed by atoms with E-state index in [1.807, 2.05) is 84.8 Å². The lowest BCUT2D eigenvalue weighted by molar-refractivity contribution is 0.0980. The summed E-state index contributed by atoms with van der Waals surface area (Å²) in [5.41, 5.74) is 14.8. The van der Waals surface area contributed by atoms with Crippen LogP contribution in [-0.4, -0.2) is 51.4 Å². The van der Waals surface area contributed by atoms with Crippen LogP contribution in [0, 0.1) is 0 Å². The highest BCUT2D eigenvalue weighted by Crippen LogP contribution is 2.42. The normalized spacial score (nSPS) is 15.2. The van der Waals surface area contributed by atoms with Gasteiger partial charge in [0.1, 0.15) is 13.2 Å². The highest BCUT2D eigenvalue weighted by Gasteiger charge is 2.36. The number of aliphatic imine (C=N–C) groups is 1. The number of fused-ring (bicyclic) bond motifs is 5. The summed E-state index contributed by atoms with van der Waals surface area (Å²) >= 11 is 0. The molecule has 8 rings (SSSR count). The van der Waals surface area contributed by atoms with E-state index in [-0.39, 0.29) is 31.1 Å². The van der Waals surface area contributed by atoms with Gasteiger partial charge in [0.15, 0.2) is 23.0 Å². The number of benzene rings is 5. The molecule has 3 aliphatic heterocycles. The van der Waals surface area contributed by atoms with Crippen molar-refractivity contribution in [3.8, 4) is 23.0 Å². The molecule has 5 aromatic rings. The van der Waals surface area contributed by atoms with Crippen LogP contribution in [0.1, 0.15) is 49.9 Å². The molecule has 54 heavy (non-hydrogen) atoms. The van der Waals surface area contributed by atoms with Crippen LogP contribution in [0.25, 0.3) is 0 Å². The highest BCUT2D eigenvalue weighted by molar-refractivity contribution is 6.15. The Balaban J connectivity index is 0.991. The van der Waals surface area contributed by atoms with Crippen molar-refractivity contribution in [2.45, 2.75) is 39.0 Å². The third-order valence-corrected chi connectivity index (χ3v) is 10.0. The second-order valence-electron chi connectivity index (χ2n) is 13.4. The molecule has 0 fully saturated rings. The number of nitrogens with one attached hydrogen (secondary N) is 1. The summed E-state index contributed by atoms with van der Waals surface area (Å²) in [5.74, 6) is 1.58. The zero-order valence-corrected chi connectivity index (χ0v) is 30.4. The first-order valence-electron chi connectivity index (χ1n) is 18.0. The fraction of sp³-hybridized carbons (Fsp3) is 0.233. The summed E-state index contributed by atoms with van der Waals surface area (Å²) in [4.78, 5) is 36.0. The Morgan fingerprint density at radius 2 is 1.50 bits per heavy atom. The molecule has 0 spiro atoms. The molecular formula is C43H41N5O6. The zero-order chi connectivity index (χ0) is 37.3. The van der Waals surface area contributed by atoms with E-state index in [2.05, 4.69) is 11.4 Å². The summed E-state index contributed by atoms with van der Waals surface area (Å²) < 4.78 is 24.0. The number of amides is 2. The number of nitrogens with zero attached hydrogens (tertiary/aromatic N) is 3. The van der Waals surface area contributed by atoms with Crippen LogP contribution >= 0.6 is 0 Å². The molecule has 0 saturated heterocycles. The number of carbonyl (C=O) groups is 2. The molecule has 3 N–H and O–H groups in total. The van der Waals surface area contributed by atoms with Crippen LogP contribution in [0.4, 0.5) is 28.4 Å². The number of nitrogens with two attached hydrogens (primary N) is 1. The molecule has 0 unspecified atom stereocenters. The van der Waals surface area contributed by atoms with E-state index in [0.717, 1.165) is 40.0 Å². The Kier molecular flexibility index (Phi) is 9.29. The van der Waals surface area contributed by atoms with E-state index in [1.165, 1.54) is 0 Å². The van der Waals surface area contributed by atoms with E-state index in [1.54, 1.807) is 37.3 Å². The molecule has 0 aromatic heterocycles. The Morgan fingerprint density at radius 1 is 0.833 bits per heavy atom. The maximum atomic E-state index is 13.9. The van der Waals surface area contributed by atoms with Gasteiger partial charge in [-0.1, -0.05) is 36.4 Å². The number of anilines is 4. The summed E-state index contributed by atoms with van der Waals surface area (Å²) in [6.07, 6.45) is 3.36. The van der Waals surface area contributed by atoms with Gasteiger partial charge in [-0.05, 0) is 78.1 Å². The smallest absolute Gasteiger partial charge is 0.261 e. The van der Waals surface area contributed by atoms with Gasteiger partial charge < -0.3 is 34.9 Å². The average Bonchev–Trinajstić information content (AvgIpc) is 3.76. The molecule has 11 heteroatoms. The van der Waals surface area contributed by atoms with Gasteiger partial charge in [0.25, 0.3) is 11.8 Å². The quantitative estimate of drug-likeness (QED) is 0.135. The van der Waals surface area contributed by atoms with Crippen molar-refractivity contribution in [2.24, 2.45) is 4.99 Å². The van der Waals surface area contributed by atoms with Gasteiger partial charge in [-0.25, -0.2) is 0 Å². The minimum absolute atomic E-state index is 0.100. The lowest BCUT2D eigenvalue weighted by Gasteiger charge is -2.22. The number of para-hydroxylation sites is 2. The molecule has 1 atom stereocenters. The van der Waals surface area contributed by atoms with Gasteiger partial charge in [-0.3, -0.25) is 19.5 Å². The lowest BCUT2D eigenvalue weighted by Crippen LogP contribution is -2.37. The highest BCUT2D eigenvalue weighted by atomic mass is 16.5. The second kappa shape index (κ2) is 14.5. The SMILES string of the molecule is CCNc1cc(OCc2cc(N)cc(COc3cc4c(cc3OC)C(=O)N3c5ccccc5C[C@H]3C=N4)c2)c(OC)cc1C(=O)N1CCc2ccccc21. The summed E-state index contributed by atoms with van der Waals surface area (Å²) in [7, 11) is 3.11. The molecule has 0 bridgehead atoms. The number of nitrogen functional groups attached to an aromatic ring is 1. The molecule has 3 heterocycles. The molecule has 0 aliphatic carbocycles. The van der Waals surface area contributed by atoms with Crippen LogP contribution in [0.2, 0.25) is 0 Å². The monoisotopic (exact) mass is 723 g/mol. The van der Waals surface area contributed by atoms with Crippen LogP contribution < -0.4 is 39.8 Å². The minimum Gasteiger partial charge on any atom is -0.493 e. The molecule has 11 nitrogen and oxygen atoms in total. The number of hydrogen-bond acceptors (Lipinski definition) is 9. The van der Waals surface area contributed by atoms with Crippen molar-refractivity contribution < 1.29 is 28.5 Å². The molecule has 0 saturated carbocycles. The van der Waals surface area contributed by atoms with E-state index >= 15 is 0 Å². The Bertz CT molecular complexity index is 2310. The van der Waals surface area contributed by atoms with Crippen molar-refractivity contribution in [1.82, 2.24) is 0 Å². The first-order chi connectivity index (χ1) is 26.3. The topological polar surface area (TPSA) is 128 Å². The van der Waals surface area contributed by atoms with Crippen LogP contribution in [0.5, 0.6) is 23.0 Å². The predicted octanol–water partition coefficient (Wildman–Crippen LogP) is 7.37. The standard InChI is InChI=1S/C43H41N5O6/c1-4-45-34-21-40(38(51-2)19-32(34)42(49)47-14-13-28-9-5-7-11-36(28)47)53-24-26-15-27(17-30(44)16-26)25-54-41-22-35-33(20-39(41)52-3)43(50)48-31(23-46-35)18-29-10-6-8-12-37(29)48/h5-12,15-17,19-23,31,45H,4,13-14,18,24-25,44H2,1-3H3/t31-/m0/s1. The van der Waals surface area contributed by atoms with E-state index < -0.39 is 0 Å². The van der Waals surface area contributed by atoms with E-state index in [4.69, 9.17) is 29.7 Å². The Morgan fingerprint density at radius 3 is 2.22 bits per heavy atom.